The summed E-state index contributed by atoms with van der Waals surface area (Å²) in [6.45, 7) is 6.32. The number of rotatable bonds is 6. The molecule has 1 fully saturated rings. The van der Waals surface area contributed by atoms with Crippen LogP contribution in [0.4, 0.5) is 4.39 Å². The van der Waals surface area contributed by atoms with Crippen LogP contribution in [0.2, 0.25) is 0 Å². The second kappa shape index (κ2) is 11.2. The molecule has 1 aliphatic heterocycles. The molecule has 7 nitrogen and oxygen atoms in total. The zero-order valence-electron chi connectivity index (χ0n) is 17.5. The Morgan fingerprint density at radius 1 is 1.50 bits per heavy atom. The summed E-state index contributed by atoms with van der Waals surface area (Å²) in [5.41, 5.74) is 0.329. The van der Waals surface area contributed by atoms with Crippen LogP contribution in [0.1, 0.15) is 44.7 Å². The van der Waals surface area contributed by atoms with Gasteiger partial charge in [-0.15, -0.1) is 0 Å². The monoisotopic (exact) mass is 413 g/mol. The van der Waals surface area contributed by atoms with Crippen molar-refractivity contribution in [3.8, 4) is 6.07 Å². The molecule has 0 aromatic carbocycles. The van der Waals surface area contributed by atoms with Crippen LogP contribution in [0.3, 0.4) is 0 Å². The number of ether oxygens (including phenoxy) is 1. The number of amidine groups is 1. The Kier molecular flexibility index (Phi) is 8.69. The van der Waals surface area contributed by atoms with Crippen molar-refractivity contribution in [3.63, 3.8) is 0 Å². The quantitative estimate of drug-likeness (QED) is 0.772. The molecule has 1 aliphatic carbocycles. The number of aliphatic imine (C=N–C) groups is 1. The van der Waals surface area contributed by atoms with E-state index in [0.29, 0.717) is 18.5 Å². The van der Waals surface area contributed by atoms with Gasteiger partial charge in [-0.05, 0) is 50.9 Å². The Balaban J connectivity index is 0.000000232. The largest absolute Gasteiger partial charge is 0.363 e. The number of hydrogen-bond acceptors (Lipinski definition) is 6. The first-order valence-corrected chi connectivity index (χ1v) is 9.98. The Morgan fingerprint density at radius 2 is 2.27 bits per heavy atom. The van der Waals surface area contributed by atoms with Crippen molar-refractivity contribution >= 4 is 11.7 Å². The molecule has 1 N–H and O–H groups in total. The number of nitrogens with zero attached hydrogens (tertiary/aromatic N) is 4. The molecule has 1 aromatic heterocycles. The third-order valence-corrected chi connectivity index (χ3v) is 5.14. The van der Waals surface area contributed by atoms with Crippen LogP contribution in [0.15, 0.2) is 47.9 Å². The first-order valence-electron chi connectivity index (χ1n) is 9.98. The SMILES string of the molecule is C=CNC(=O)COC1(c2ncccc2F)CCC1.CCN(C)C1=NC=C(C#N)CC1. The second-order valence-corrected chi connectivity index (χ2v) is 7.07. The number of pyridine rings is 1. The minimum Gasteiger partial charge on any atom is -0.363 e. The smallest absolute Gasteiger partial charge is 0.249 e. The van der Waals surface area contributed by atoms with E-state index in [2.05, 4.69) is 39.8 Å². The maximum absolute atomic E-state index is 13.7. The van der Waals surface area contributed by atoms with Crippen LogP contribution in [-0.2, 0) is 15.1 Å². The summed E-state index contributed by atoms with van der Waals surface area (Å²) < 4.78 is 19.3. The Labute approximate surface area is 177 Å². The molecule has 0 unspecified atom stereocenters. The zero-order valence-corrected chi connectivity index (χ0v) is 17.5. The van der Waals surface area contributed by atoms with E-state index in [-0.39, 0.29) is 18.3 Å². The van der Waals surface area contributed by atoms with Gasteiger partial charge in [-0.2, -0.15) is 5.26 Å². The minimum absolute atomic E-state index is 0.123. The molecular weight excluding hydrogens is 385 g/mol. The Hall–Kier alpha value is -3.05. The molecule has 0 saturated heterocycles. The average molecular weight is 413 g/mol. The number of allylic oxidation sites excluding steroid dienone is 1. The molecule has 0 radical (unpaired) electrons. The van der Waals surface area contributed by atoms with Crippen molar-refractivity contribution in [2.24, 2.45) is 4.99 Å². The van der Waals surface area contributed by atoms with Crippen LogP contribution >= 0.6 is 0 Å². The zero-order chi connectivity index (χ0) is 22.0. The van der Waals surface area contributed by atoms with Gasteiger partial charge >= 0.3 is 0 Å². The molecule has 1 aromatic rings. The van der Waals surface area contributed by atoms with Crippen molar-refractivity contribution < 1.29 is 13.9 Å². The maximum atomic E-state index is 13.7. The number of nitriles is 1. The van der Waals surface area contributed by atoms with E-state index in [1.165, 1.54) is 24.5 Å². The van der Waals surface area contributed by atoms with Gasteiger partial charge in [0.25, 0.3) is 0 Å². The number of nitrogens with one attached hydrogen (secondary N) is 1. The summed E-state index contributed by atoms with van der Waals surface area (Å²) >= 11 is 0. The van der Waals surface area contributed by atoms with Gasteiger partial charge in [-0.3, -0.25) is 9.78 Å². The van der Waals surface area contributed by atoms with Gasteiger partial charge in [-0.1, -0.05) is 6.58 Å². The predicted molar refractivity (Wildman–Crippen MR) is 113 cm³/mol. The maximum Gasteiger partial charge on any atom is 0.249 e. The first-order chi connectivity index (χ1) is 14.5. The van der Waals surface area contributed by atoms with Crippen LogP contribution in [0, 0.1) is 17.1 Å². The highest BCUT2D eigenvalue weighted by atomic mass is 19.1. The van der Waals surface area contributed by atoms with Gasteiger partial charge in [0.1, 0.15) is 29.6 Å². The van der Waals surface area contributed by atoms with E-state index >= 15 is 0 Å². The van der Waals surface area contributed by atoms with Gasteiger partial charge in [0.05, 0.1) is 6.07 Å². The Morgan fingerprint density at radius 3 is 2.77 bits per heavy atom. The van der Waals surface area contributed by atoms with Crippen molar-refractivity contribution in [1.82, 2.24) is 15.2 Å². The van der Waals surface area contributed by atoms with E-state index in [0.717, 1.165) is 37.2 Å². The lowest BCUT2D eigenvalue weighted by atomic mass is 9.77. The summed E-state index contributed by atoms with van der Waals surface area (Å²) in [6, 6.07) is 5.01. The van der Waals surface area contributed by atoms with Crippen molar-refractivity contribution in [1.29, 1.82) is 5.26 Å². The van der Waals surface area contributed by atoms with Crippen molar-refractivity contribution in [2.45, 2.75) is 44.6 Å². The number of carbonyl (C=O) groups is 1. The molecule has 0 spiro atoms. The third kappa shape index (κ3) is 5.97. The van der Waals surface area contributed by atoms with E-state index < -0.39 is 5.60 Å². The van der Waals surface area contributed by atoms with Gasteiger partial charge < -0.3 is 15.0 Å². The van der Waals surface area contributed by atoms with Gasteiger partial charge in [0, 0.05) is 38.0 Å². The lowest BCUT2D eigenvalue weighted by molar-refractivity contribution is -0.145. The fourth-order valence-corrected chi connectivity index (χ4v) is 3.11. The summed E-state index contributed by atoms with van der Waals surface area (Å²) in [5.74, 6) is 0.394. The van der Waals surface area contributed by atoms with E-state index in [4.69, 9.17) is 10.00 Å². The van der Waals surface area contributed by atoms with Crippen molar-refractivity contribution in [2.75, 3.05) is 20.2 Å². The molecule has 0 bridgehead atoms. The molecule has 160 valence electrons. The van der Waals surface area contributed by atoms with Crippen LogP contribution in [0.5, 0.6) is 0 Å². The molecule has 2 heterocycles. The molecule has 2 aliphatic rings. The third-order valence-electron chi connectivity index (χ3n) is 5.14. The molecule has 30 heavy (non-hydrogen) atoms. The Bertz CT molecular complexity index is 855. The van der Waals surface area contributed by atoms with E-state index in [1.807, 2.05) is 7.05 Å². The number of halogens is 1. The summed E-state index contributed by atoms with van der Waals surface area (Å²) in [5, 5.41) is 11.0. The first kappa shape index (κ1) is 23.2. The summed E-state index contributed by atoms with van der Waals surface area (Å²) in [4.78, 5) is 21.7. The molecule has 1 amide bonds. The number of carbonyl (C=O) groups excluding carboxylic acids is 1. The topological polar surface area (TPSA) is 90.6 Å². The van der Waals surface area contributed by atoms with Gasteiger partial charge in [0.2, 0.25) is 5.91 Å². The highest BCUT2D eigenvalue weighted by molar-refractivity contribution is 5.84. The standard InChI is InChI=1S/C13H15FN2O2.C9H13N3/c1-2-15-11(17)9-18-13(6-4-7-13)12-10(14)5-3-8-16-12;1-3-12(2)9-5-4-8(6-10)7-11-9/h2-3,5,8H,1,4,6-7,9H2,(H,15,17);7H,3-5H2,1-2H3. The lowest BCUT2D eigenvalue weighted by Gasteiger charge is -2.40. The highest BCUT2D eigenvalue weighted by Gasteiger charge is 2.43. The fourth-order valence-electron chi connectivity index (χ4n) is 3.11. The number of aromatic nitrogens is 1. The van der Waals surface area contributed by atoms with Crippen LogP contribution in [-0.4, -0.2) is 41.8 Å². The molecule has 3 rings (SSSR count). The molecule has 0 atom stereocenters. The second-order valence-electron chi connectivity index (χ2n) is 7.07. The number of amides is 1. The van der Waals surface area contributed by atoms with Crippen molar-refractivity contribution in [3.05, 3.63) is 54.4 Å². The molecule has 1 saturated carbocycles. The highest BCUT2D eigenvalue weighted by Crippen LogP contribution is 2.44. The van der Waals surface area contributed by atoms with Gasteiger partial charge in [-0.25, -0.2) is 9.38 Å². The fraction of sp³-hybridized carbons (Fsp3) is 0.455. The van der Waals surface area contributed by atoms with E-state index in [1.54, 1.807) is 6.20 Å². The van der Waals surface area contributed by atoms with Crippen LogP contribution in [0.25, 0.3) is 0 Å². The normalized spacial score (nSPS) is 16.5. The van der Waals surface area contributed by atoms with Gasteiger partial charge in [0.15, 0.2) is 0 Å². The molecular formula is C22H28FN5O2. The predicted octanol–water partition coefficient (Wildman–Crippen LogP) is 3.41. The average Bonchev–Trinajstić information content (AvgIpc) is 2.74. The summed E-state index contributed by atoms with van der Waals surface area (Å²) in [6.07, 6.45) is 8.53. The molecule has 8 heteroatoms. The number of hydrogen-bond donors (Lipinski definition) is 1. The van der Waals surface area contributed by atoms with E-state index in [9.17, 15) is 9.18 Å². The lowest BCUT2D eigenvalue weighted by Crippen LogP contribution is -2.41. The minimum atomic E-state index is -0.746. The summed E-state index contributed by atoms with van der Waals surface area (Å²) in [7, 11) is 2.02. The van der Waals surface area contributed by atoms with Crippen LogP contribution < -0.4 is 5.32 Å².